The molecule has 10 nitrogen and oxygen atoms in total. The van der Waals surface area contributed by atoms with Gasteiger partial charge in [-0.3, -0.25) is 9.97 Å². The van der Waals surface area contributed by atoms with E-state index in [2.05, 4.69) is 30.4 Å². The van der Waals surface area contributed by atoms with E-state index in [4.69, 9.17) is 0 Å². The molecule has 0 bridgehead atoms. The van der Waals surface area contributed by atoms with Crippen LogP contribution in [0, 0.1) is 0 Å². The second-order valence-corrected chi connectivity index (χ2v) is 5.65. The molecule has 2 aromatic heterocycles. The molecule has 35 heavy (non-hydrogen) atoms. The maximum absolute atomic E-state index is 12.0. The van der Waals surface area contributed by atoms with Crippen molar-refractivity contribution < 1.29 is 64.0 Å². The van der Waals surface area contributed by atoms with Gasteiger partial charge in [0.1, 0.15) is 11.4 Å². The first-order chi connectivity index (χ1) is 14.8. The molecule has 2 aromatic rings. The fourth-order valence-electron chi connectivity index (χ4n) is 1.46. The molecular formula is C18H18F6N6NiO4. The number of rotatable bonds is 4. The Labute approximate surface area is 204 Å². The number of alkyl halides is 6. The monoisotopic (exact) mass is 554 g/mol. The van der Waals surface area contributed by atoms with E-state index in [0.717, 1.165) is 13.8 Å². The van der Waals surface area contributed by atoms with Crippen molar-refractivity contribution in [2.24, 2.45) is 20.4 Å². The van der Waals surface area contributed by atoms with Crippen LogP contribution in [-0.4, -0.2) is 56.5 Å². The maximum atomic E-state index is 12.0. The van der Waals surface area contributed by atoms with Crippen LogP contribution in [0.4, 0.5) is 26.3 Å². The van der Waals surface area contributed by atoms with E-state index < -0.39 is 35.6 Å². The van der Waals surface area contributed by atoms with Crippen LogP contribution in [0.1, 0.15) is 25.0 Å². The summed E-state index contributed by atoms with van der Waals surface area (Å²) in [6, 6.07) is 5.35. The first-order valence-electron chi connectivity index (χ1n) is 8.36. The number of nitrogens with zero attached hydrogens (tertiary/aromatic N) is 6. The molecule has 0 saturated heterocycles. The number of pyridine rings is 2. The Morgan fingerprint density at radius 2 is 0.886 bits per heavy atom. The normalized spacial score (nSPS) is 12.8. The van der Waals surface area contributed by atoms with Gasteiger partial charge < -0.3 is 21.2 Å². The van der Waals surface area contributed by atoms with Crippen LogP contribution < -0.4 is 10.2 Å². The molecule has 0 aromatic carbocycles. The summed E-state index contributed by atoms with van der Waals surface area (Å²) in [4.78, 5) is 7.31. The molecule has 0 amide bonds. The minimum atomic E-state index is -4.57. The molecule has 2 rings (SSSR count). The number of halogens is 6. The summed E-state index contributed by atoms with van der Waals surface area (Å²) in [6.07, 6.45) is -3.79. The van der Waals surface area contributed by atoms with Crippen molar-refractivity contribution in [1.29, 1.82) is 0 Å². The van der Waals surface area contributed by atoms with Crippen molar-refractivity contribution >= 4 is 23.2 Å². The average Bonchev–Trinajstić information content (AvgIpc) is 2.75. The Bertz CT molecular complexity index is 919. The third-order valence-electron chi connectivity index (χ3n) is 3.26. The van der Waals surface area contributed by atoms with E-state index >= 15 is 0 Å². The van der Waals surface area contributed by atoms with Crippen molar-refractivity contribution in [1.82, 2.24) is 9.97 Å². The average molecular weight is 555 g/mol. The molecule has 0 aliphatic heterocycles. The second-order valence-electron chi connectivity index (χ2n) is 5.65. The van der Waals surface area contributed by atoms with Gasteiger partial charge in [0.2, 0.25) is 0 Å². The molecular weight excluding hydrogens is 537 g/mol. The van der Waals surface area contributed by atoms with Crippen molar-refractivity contribution in [3.05, 3.63) is 60.2 Å². The number of hydrogen-bond acceptors (Lipinski definition) is 8. The van der Waals surface area contributed by atoms with Gasteiger partial charge in [-0.15, -0.1) is 0 Å². The van der Waals surface area contributed by atoms with Gasteiger partial charge in [-0.1, -0.05) is 0 Å². The van der Waals surface area contributed by atoms with Crippen LogP contribution in [0.15, 0.2) is 69.5 Å². The molecule has 0 radical (unpaired) electrons. The molecule has 0 atom stereocenters. The standard InChI is InChI=1S/2C9H8F3N3O.Ni.2H2O/c2*1-6(9(10,11)12)14-15-8(16)7-2-4-13-5-3-7;;;/h2*2-5H,1H3,(H,15,16);;2*1H2/q;;+2;;/p-2/b2*14-6+;;;. The Morgan fingerprint density at radius 1 is 0.629 bits per heavy atom. The smallest absolute Gasteiger partial charge is 0.857 e. The van der Waals surface area contributed by atoms with E-state index in [1.54, 1.807) is 0 Å². The minimum absolute atomic E-state index is 0. The van der Waals surface area contributed by atoms with E-state index in [1.807, 2.05) is 0 Å². The summed E-state index contributed by atoms with van der Waals surface area (Å²) in [6.45, 7) is 1.48. The van der Waals surface area contributed by atoms with Crippen molar-refractivity contribution in [2.75, 3.05) is 0 Å². The van der Waals surface area contributed by atoms with E-state index in [1.165, 1.54) is 49.1 Å². The minimum Gasteiger partial charge on any atom is -0.857 e. The molecule has 2 heterocycles. The molecule has 0 saturated carbocycles. The Kier molecular flexibility index (Phi) is 16.8. The van der Waals surface area contributed by atoms with Crippen LogP contribution in [0.2, 0.25) is 0 Å². The number of aromatic nitrogens is 2. The molecule has 0 spiro atoms. The third-order valence-corrected chi connectivity index (χ3v) is 3.26. The quantitative estimate of drug-likeness (QED) is 0.176. The molecule has 17 heteroatoms. The van der Waals surface area contributed by atoms with Crippen LogP contribution in [0.5, 0.6) is 0 Å². The van der Waals surface area contributed by atoms with Gasteiger partial charge in [-0.25, -0.2) is 0 Å². The molecule has 0 fully saturated rings. The third kappa shape index (κ3) is 13.8. The zero-order chi connectivity index (χ0) is 24.4. The summed E-state index contributed by atoms with van der Waals surface area (Å²) >= 11 is 0. The SMILES string of the molecule is C/C(=N\N=C(/[O-])c1ccncc1)C(F)(F)F.C/C(=N\N=C(/[O-])c1ccncc1)C(F)(F)F.O.O.[Ni+2]. The van der Waals surface area contributed by atoms with Crippen molar-refractivity contribution in [3.8, 4) is 0 Å². The Balaban J connectivity index is -0.000000539. The molecule has 0 aliphatic rings. The van der Waals surface area contributed by atoms with Crippen LogP contribution in [-0.2, 0) is 16.5 Å². The fraction of sp³-hybridized carbons (Fsp3) is 0.222. The zero-order valence-corrected chi connectivity index (χ0v) is 18.7. The van der Waals surface area contributed by atoms with Gasteiger partial charge in [0.25, 0.3) is 0 Å². The van der Waals surface area contributed by atoms with Gasteiger partial charge in [-0.2, -0.15) is 46.7 Å². The fourth-order valence-corrected chi connectivity index (χ4v) is 1.46. The van der Waals surface area contributed by atoms with Gasteiger partial charge in [-0.05, 0) is 49.2 Å². The first kappa shape index (κ1) is 36.1. The van der Waals surface area contributed by atoms with Gasteiger partial charge in [0.05, 0.1) is 0 Å². The zero-order valence-electron chi connectivity index (χ0n) is 17.7. The molecule has 4 N–H and O–H groups in total. The van der Waals surface area contributed by atoms with Crippen molar-refractivity contribution in [3.63, 3.8) is 0 Å². The summed E-state index contributed by atoms with van der Waals surface area (Å²) < 4.78 is 71.9. The van der Waals surface area contributed by atoms with E-state index in [9.17, 15) is 36.6 Å². The number of hydrogen-bond donors (Lipinski definition) is 0. The van der Waals surface area contributed by atoms with Crippen LogP contribution in [0.3, 0.4) is 0 Å². The van der Waals surface area contributed by atoms with E-state index in [0.29, 0.717) is 0 Å². The summed E-state index contributed by atoms with van der Waals surface area (Å²) in [5.41, 5.74) is -2.08. The second kappa shape index (κ2) is 16.2. The predicted molar refractivity (Wildman–Crippen MR) is 107 cm³/mol. The van der Waals surface area contributed by atoms with Gasteiger partial charge >= 0.3 is 28.8 Å². The topological polar surface area (TPSA) is 184 Å². The van der Waals surface area contributed by atoms with Gasteiger partial charge in [0.15, 0.2) is 0 Å². The molecule has 196 valence electrons. The summed E-state index contributed by atoms with van der Waals surface area (Å²) in [5.74, 6) is -1.68. The Hall–Kier alpha value is -3.43. The summed E-state index contributed by atoms with van der Waals surface area (Å²) in [5, 5.41) is 34.0. The molecule has 0 aliphatic carbocycles. The largest absolute Gasteiger partial charge is 2.00 e. The predicted octanol–water partition coefficient (Wildman–Crippen LogP) is 0.601. The van der Waals surface area contributed by atoms with Crippen molar-refractivity contribution in [2.45, 2.75) is 26.2 Å². The molecule has 0 unspecified atom stereocenters. The first-order valence-corrected chi connectivity index (χ1v) is 8.36. The van der Waals surface area contributed by atoms with Gasteiger partial charge in [0, 0.05) is 36.6 Å². The van der Waals surface area contributed by atoms with Crippen LogP contribution in [0.25, 0.3) is 0 Å². The Morgan fingerprint density at radius 3 is 1.11 bits per heavy atom. The maximum Gasteiger partial charge on any atom is 2.00 e. The van der Waals surface area contributed by atoms with Crippen LogP contribution >= 0.6 is 0 Å². The summed E-state index contributed by atoms with van der Waals surface area (Å²) in [7, 11) is 0. The van der Waals surface area contributed by atoms with E-state index in [-0.39, 0.29) is 38.6 Å².